The molecule has 0 aromatic heterocycles. The Morgan fingerprint density at radius 2 is 2.21 bits per heavy atom. The molecule has 2 rings (SSSR count). The van der Waals surface area contributed by atoms with Gasteiger partial charge in [0.05, 0.1) is 7.11 Å². The molecule has 78 valence electrons. The minimum atomic E-state index is 0. The Kier molecular flexibility index (Phi) is 4.23. The Hall–Kier alpha value is -0.730. The van der Waals surface area contributed by atoms with Crippen molar-refractivity contribution in [2.45, 2.75) is 25.4 Å². The maximum absolute atomic E-state index is 5.15. The number of hydrogen-bond donors (Lipinski definition) is 1. The fourth-order valence-electron chi connectivity index (χ4n) is 1.33. The van der Waals surface area contributed by atoms with E-state index in [0.29, 0.717) is 0 Å². The van der Waals surface area contributed by atoms with Crippen LogP contribution in [0.25, 0.3) is 0 Å². The molecule has 0 bridgehead atoms. The molecule has 0 heterocycles. The minimum absolute atomic E-state index is 0. The van der Waals surface area contributed by atoms with E-state index in [1.54, 1.807) is 7.11 Å². The molecule has 2 nitrogen and oxygen atoms in total. The average molecular weight is 214 g/mol. The molecule has 1 aromatic rings. The van der Waals surface area contributed by atoms with Crippen molar-refractivity contribution in [2.24, 2.45) is 0 Å². The van der Waals surface area contributed by atoms with E-state index in [0.717, 1.165) is 18.3 Å². The monoisotopic (exact) mass is 213 g/mol. The largest absolute Gasteiger partial charge is 0.497 e. The number of methoxy groups -OCH3 is 1. The predicted octanol–water partition coefficient (Wildman–Crippen LogP) is 2.37. The van der Waals surface area contributed by atoms with Crippen molar-refractivity contribution in [2.75, 3.05) is 7.11 Å². The SMILES string of the molecule is COc1cccc(CNC2CC2)c1.Cl. The number of benzene rings is 1. The van der Waals surface area contributed by atoms with E-state index in [2.05, 4.69) is 17.4 Å². The zero-order chi connectivity index (χ0) is 9.10. The molecule has 0 saturated heterocycles. The van der Waals surface area contributed by atoms with Crippen LogP contribution in [0.4, 0.5) is 0 Å². The fourth-order valence-corrected chi connectivity index (χ4v) is 1.33. The van der Waals surface area contributed by atoms with E-state index >= 15 is 0 Å². The second-order valence-electron chi connectivity index (χ2n) is 3.51. The van der Waals surface area contributed by atoms with Gasteiger partial charge in [-0.15, -0.1) is 12.4 Å². The first-order valence-corrected chi connectivity index (χ1v) is 4.75. The van der Waals surface area contributed by atoms with Crippen molar-refractivity contribution in [1.29, 1.82) is 0 Å². The van der Waals surface area contributed by atoms with Crippen molar-refractivity contribution >= 4 is 12.4 Å². The van der Waals surface area contributed by atoms with Gasteiger partial charge in [0.2, 0.25) is 0 Å². The zero-order valence-electron chi connectivity index (χ0n) is 8.32. The summed E-state index contributed by atoms with van der Waals surface area (Å²) in [5.41, 5.74) is 1.30. The molecule has 14 heavy (non-hydrogen) atoms. The summed E-state index contributed by atoms with van der Waals surface area (Å²) < 4.78 is 5.15. The third-order valence-electron chi connectivity index (χ3n) is 2.31. The topological polar surface area (TPSA) is 21.3 Å². The van der Waals surface area contributed by atoms with Gasteiger partial charge in [-0.25, -0.2) is 0 Å². The molecule has 0 aliphatic heterocycles. The molecular formula is C11H16ClNO. The van der Waals surface area contributed by atoms with Crippen LogP contribution in [0.5, 0.6) is 5.75 Å². The first-order valence-electron chi connectivity index (χ1n) is 4.75. The van der Waals surface area contributed by atoms with Crippen LogP contribution in [0.15, 0.2) is 24.3 Å². The lowest BCUT2D eigenvalue weighted by atomic mass is 10.2. The van der Waals surface area contributed by atoms with Gasteiger partial charge in [-0.3, -0.25) is 0 Å². The van der Waals surface area contributed by atoms with E-state index < -0.39 is 0 Å². The van der Waals surface area contributed by atoms with Gasteiger partial charge in [0.1, 0.15) is 5.75 Å². The van der Waals surface area contributed by atoms with Gasteiger partial charge in [-0.05, 0) is 30.5 Å². The highest BCUT2D eigenvalue weighted by Crippen LogP contribution is 2.20. The van der Waals surface area contributed by atoms with Crippen LogP contribution in [0, 0.1) is 0 Å². The summed E-state index contributed by atoms with van der Waals surface area (Å²) in [6.07, 6.45) is 2.67. The van der Waals surface area contributed by atoms with Gasteiger partial charge in [0, 0.05) is 12.6 Å². The summed E-state index contributed by atoms with van der Waals surface area (Å²) in [6.45, 7) is 0.960. The van der Waals surface area contributed by atoms with Crippen molar-refractivity contribution in [1.82, 2.24) is 5.32 Å². The molecule has 1 saturated carbocycles. The standard InChI is InChI=1S/C11H15NO.ClH/c1-13-11-4-2-3-9(7-11)8-12-10-5-6-10;/h2-4,7,10,12H,5-6,8H2,1H3;1H. The number of nitrogens with one attached hydrogen (secondary N) is 1. The van der Waals surface area contributed by atoms with Gasteiger partial charge < -0.3 is 10.1 Å². The molecule has 0 unspecified atom stereocenters. The Morgan fingerprint density at radius 3 is 2.86 bits per heavy atom. The summed E-state index contributed by atoms with van der Waals surface area (Å²) in [7, 11) is 1.70. The molecular weight excluding hydrogens is 198 g/mol. The lowest BCUT2D eigenvalue weighted by molar-refractivity contribution is 0.414. The molecule has 1 aromatic carbocycles. The van der Waals surface area contributed by atoms with Crippen LogP contribution in [0.2, 0.25) is 0 Å². The third kappa shape index (κ3) is 3.20. The van der Waals surface area contributed by atoms with Gasteiger partial charge in [-0.2, -0.15) is 0 Å². The Bertz CT molecular complexity index is 286. The number of halogens is 1. The Balaban J connectivity index is 0.000000980. The number of hydrogen-bond acceptors (Lipinski definition) is 2. The molecule has 1 aliphatic carbocycles. The van der Waals surface area contributed by atoms with Gasteiger partial charge in [0.15, 0.2) is 0 Å². The second kappa shape index (κ2) is 5.23. The summed E-state index contributed by atoms with van der Waals surface area (Å²) in [6, 6.07) is 8.97. The van der Waals surface area contributed by atoms with E-state index in [-0.39, 0.29) is 12.4 Å². The summed E-state index contributed by atoms with van der Waals surface area (Å²) >= 11 is 0. The van der Waals surface area contributed by atoms with Crippen LogP contribution in [-0.4, -0.2) is 13.2 Å². The number of rotatable bonds is 4. The minimum Gasteiger partial charge on any atom is -0.497 e. The average Bonchev–Trinajstić information content (AvgIpc) is 2.99. The Morgan fingerprint density at radius 1 is 1.43 bits per heavy atom. The zero-order valence-corrected chi connectivity index (χ0v) is 9.14. The normalized spacial score (nSPS) is 14.6. The first-order chi connectivity index (χ1) is 6.38. The smallest absolute Gasteiger partial charge is 0.119 e. The highest BCUT2D eigenvalue weighted by molar-refractivity contribution is 5.85. The van der Waals surface area contributed by atoms with Crippen LogP contribution in [0.1, 0.15) is 18.4 Å². The van der Waals surface area contributed by atoms with E-state index in [1.807, 2.05) is 12.1 Å². The quantitative estimate of drug-likeness (QED) is 0.829. The molecule has 0 spiro atoms. The van der Waals surface area contributed by atoms with Crippen molar-refractivity contribution in [3.05, 3.63) is 29.8 Å². The first kappa shape index (κ1) is 11.3. The van der Waals surface area contributed by atoms with Gasteiger partial charge in [-0.1, -0.05) is 12.1 Å². The molecule has 1 N–H and O–H groups in total. The summed E-state index contributed by atoms with van der Waals surface area (Å²) in [4.78, 5) is 0. The molecule has 1 fully saturated rings. The lowest BCUT2D eigenvalue weighted by Crippen LogP contribution is -2.15. The third-order valence-corrected chi connectivity index (χ3v) is 2.31. The summed E-state index contributed by atoms with van der Waals surface area (Å²) in [5, 5.41) is 3.47. The van der Waals surface area contributed by atoms with Crippen LogP contribution >= 0.6 is 12.4 Å². The highest BCUT2D eigenvalue weighted by atomic mass is 35.5. The molecule has 0 radical (unpaired) electrons. The second-order valence-corrected chi connectivity index (χ2v) is 3.51. The van der Waals surface area contributed by atoms with Crippen LogP contribution in [0.3, 0.4) is 0 Å². The lowest BCUT2D eigenvalue weighted by Gasteiger charge is -2.04. The number of ether oxygens (including phenoxy) is 1. The van der Waals surface area contributed by atoms with Crippen molar-refractivity contribution in [3.63, 3.8) is 0 Å². The molecule has 1 aliphatic rings. The summed E-state index contributed by atoms with van der Waals surface area (Å²) in [5.74, 6) is 0.940. The fraction of sp³-hybridized carbons (Fsp3) is 0.455. The maximum Gasteiger partial charge on any atom is 0.119 e. The van der Waals surface area contributed by atoms with Crippen molar-refractivity contribution in [3.8, 4) is 5.75 Å². The van der Waals surface area contributed by atoms with E-state index in [9.17, 15) is 0 Å². The van der Waals surface area contributed by atoms with E-state index in [4.69, 9.17) is 4.74 Å². The highest BCUT2D eigenvalue weighted by Gasteiger charge is 2.19. The Labute approximate surface area is 91.1 Å². The van der Waals surface area contributed by atoms with Gasteiger partial charge in [0.25, 0.3) is 0 Å². The molecule has 0 amide bonds. The maximum atomic E-state index is 5.15. The van der Waals surface area contributed by atoms with E-state index in [1.165, 1.54) is 18.4 Å². The molecule has 3 heteroatoms. The predicted molar refractivity (Wildman–Crippen MR) is 60.1 cm³/mol. The van der Waals surface area contributed by atoms with Gasteiger partial charge >= 0.3 is 0 Å². The molecule has 0 atom stereocenters. The van der Waals surface area contributed by atoms with Crippen LogP contribution < -0.4 is 10.1 Å². The van der Waals surface area contributed by atoms with Crippen molar-refractivity contribution < 1.29 is 4.74 Å². The van der Waals surface area contributed by atoms with Crippen LogP contribution in [-0.2, 0) is 6.54 Å².